The molecule has 5 rings (SSSR count). The number of Topliss-reactive ketones (excluding diaryl/α,β-unsaturated/α-hetero) is 1. The first-order chi connectivity index (χ1) is 15.2. The van der Waals surface area contributed by atoms with Crippen molar-refractivity contribution in [2.24, 2.45) is 5.41 Å². The van der Waals surface area contributed by atoms with Crippen molar-refractivity contribution < 1.29 is 28.6 Å². The average Bonchev–Trinajstić information content (AvgIpc) is 2.71. The van der Waals surface area contributed by atoms with Gasteiger partial charge >= 0.3 is 0 Å². The van der Waals surface area contributed by atoms with E-state index >= 15 is 0 Å². The Morgan fingerprint density at radius 3 is 2.50 bits per heavy atom. The minimum Gasteiger partial charge on any atom is -0.486 e. The summed E-state index contributed by atoms with van der Waals surface area (Å²) in [5.41, 5.74) is 0.192. The van der Waals surface area contributed by atoms with Crippen LogP contribution in [0.1, 0.15) is 44.4 Å². The summed E-state index contributed by atoms with van der Waals surface area (Å²) in [4.78, 5) is 28.6. The number of pyridine rings is 1. The van der Waals surface area contributed by atoms with Gasteiger partial charge < -0.3 is 19.9 Å². The summed E-state index contributed by atoms with van der Waals surface area (Å²) in [6.45, 7) is 1.36. The summed E-state index contributed by atoms with van der Waals surface area (Å²) in [5, 5.41) is 12.5. The molecule has 32 heavy (non-hydrogen) atoms. The van der Waals surface area contributed by atoms with E-state index in [0.29, 0.717) is 17.9 Å². The highest BCUT2D eigenvalue weighted by atomic mass is 35.5. The Bertz CT molecular complexity index is 1010. The van der Waals surface area contributed by atoms with Gasteiger partial charge in [0.1, 0.15) is 23.9 Å². The van der Waals surface area contributed by atoms with Gasteiger partial charge in [0.2, 0.25) is 0 Å². The van der Waals surface area contributed by atoms with Crippen molar-refractivity contribution in [2.45, 2.75) is 44.2 Å². The van der Waals surface area contributed by atoms with Crippen LogP contribution < -0.4 is 14.8 Å². The zero-order valence-electron chi connectivity index (χ0n) is 17.6. The molecular formula is C23H24ClFN2O5. The van der Waals surface area contributed by atoms with Crippen molar-refractivity contribution in [1.29, 1.82) is 0 Å². The van der Waals surface area contributed by atoms with E-state index in [0.717, 1.165) is 25.3 Å². The lowest BCUT2D eigenvalue weighted by Gasteiger charge is -2.70. The van der Waals surface area contributed by atoms with Crippen molar-refractivity contribution in [3.05, 3.63) is 53.1 Å². The molecule has 0 radical (unpaired) electrons. The van der Waals surface area contributed by atoms with E-state index in [1.165, 1.54) is 18.3 Å². The number of halogens is 2. The molecule has 3 saturated carbocycles. The maximum Gasteiger partial charge on any atom is 0.258 e. The van der Waals surface area contributed by atoms with E-state index in [4.69, 9.17) is 21.1 Å². The van der Waals surface area contributed by atoms with E-state index in [1.807, 2.05) is 0 Å². The van der Waals surface area contributed by atoms with E-state index < -0.39 is 11.9 Å². The number of carbonyl (C=O) groups excluding carboxylic acids is 2. The van der Waals surface area contributed by atoms with E-state index in [9.17, 15) is 19.1 Å². The van der Waals surface area contributed by atoms with E-state index in [2.05, 4.69) is 10.3 Å². The van der Waals surface area contributed by atoms with Gasteiger partial charge in [0.05, 0.1) is 23.0 Å². The van der Waals surface area contributed by atoms with Crippen molar-refractivity contribution in [2.75, 3.05) is 13.2 Å². The summed E-state index contributed by atoms with van der Waals surface area (Å²) < 4.78 is 24.3. The number of rotatable bonds is 10. The number of benzene rings is 1. The third kappa shape index (κ3) is 4.86. The second-order valence-corrected chi connectivity index (χ2v) is 9.23. The Morgan fingerprint density at radius 1 is 1.19 bits per heavy atom. The van der Waals surface area contributed by atoms with E-state index in [1.54, 1.807) is 19.1 Å². The molecule has 7 nitrogen and oxygen atoms in total. The van der Waals surface area contributed by atoms with Crippen LogP contribution in [0.5, 0.6) is 11.5 Å². The van der Waals surface area contributed by atoms with Crippen LogP contribution in [0.3, 0.4) is 0 Å². The molecule has 0 aliphatic heterocycles. The molecule has 9 heteroatoms. The van der Waals surface area contributed by atoms with Crippen LogP contribution >= 0.6 is 11.6 Å². The number of ether oxygens (including phenoxy) is 2. The fourth-order valence-corrected chi connectivity index (χ4v) is 4.84. The number of amides is 1. The highest BCUT2D eigenvalue weighted by Crippen LogP contribution is 2.68. The maximum absolute atomic E-state index is 13.4. The summed E-state index contributed by atoms with van der Waals surface area (Å²) in [7, 11) is 0. The molecule has 2 N–H and O–H groups in total. The van der Waals surface area contributed by atoms with Crippen molar-refractivity contribution in [3.63, 3.8) is 0 Å². The topological polar surface area (TPSA) is 97.8 Å². The molecule has 1 aromatic heterocycles. The van der Waals surface area contributed by atoms with Crippen LogP contribution in [0, 0.1) is 11.2 Å². The molecule has 1 aromatic carbocycles. The zero-order valence-corrected chi connectivity index (χ0v) is 18.3. The lowest BCUT2D eigenvalue weighted by Crippen LogP contribution is -2.75. The molecule has 1 amide bonds. The Kier molecular flexibility index (Phi) is 6.09. The van der Waals surface area contributed by atoms with Crippen LogP contribution in [0.15, 0.2) is 36.5 Å². The first-order valence-corrected chi connectivity index (χ1v) is 10.7. The Labute approximate surface area is 189 Å². The monoisotopic (exact) mass is 462 g/mol. The fourth-order valence-electron chi connectivity index (χ4n) is 4.72. The number of ketones is 1. The van der Waals surface area contributed by atoms with Gasteiger partial charge in [-0.3, -0.25) is 14.6 Å². The summed E-state index contributed by atoms with van der Waals surface area (Å²) >= 11 is 5.63. The molecule has 2 bridgehead atoms. The molecule has 0 saturated heterocycles. The number of nitrogens with one attached hydrogen (secondary N) is 1. The number of aliphatic hydroxyl groups excluding tert-OH is 1. The van der Waals surface area contributed by atoms with Gasteiger partial charge in [0, 0.05) is 18.0 Å². The van der Waals surface area contributed by atoms with Gasteiger partial charge in [0.15, 0.2) is 12.4 Å². The SMILES string of the molecule is CC(O)c1ccc(OCC(=O)NC23CC(CC(=O)COc4ccc(Cl)c(F)c4)(C2)C3)cn1. The molecule has 1 heterocycles. The van der Waals surface area contributed by atoms with Gasteiger partial charge in [-0.15, -0.1) is 0 Å². The van der Waals surface area contributed by atoms with Crippen LogP contribution in [0.25, 0.3) is 0 Å². The molecular weight excluding hydrogens is 439 g/mol. The first-order valence-electron chi connectivity index (χ1n) is 10.4. The van der Waals surface area contributed by atoms with Crippen LogP contribution in [-0.4, -0.2) is 40.5 Å². The highest BCUT2D eigenvalue weighted by Gasteiger charge is 2.68. The zero-order chi connectivity index (χ0) is 22.9. The van der Waals surface area contributed by atoms with Crippen LogP contribution in [0.4, 0.5) is 4.39 Å². The lowest BCUT2D eigenvalue weighted by atomic mass is 9.38. The smallest absolute Gasteiger partial charge is 0.258 e. The molecule has 170 valence electrons. The normalized spacial score (nSPS) is 24.0. The van der Waals surface area contributed by atoms with Crippen molar-refractivity contribution in [1.82, 2.24) is 10.3 Å². The van der Waals surface area contributed by atoms with Gasteiger partial charge in [-0.05, 0) is 55.9 Å². The maximum atomic E-state index is 13.4. The molecule has 3 aliphatic carbocycles. The van der Waals surface area contributed by atoms with Crippen LogP contribution in [-0.2, 0) is 9.59 Å². The second kappa shape index (κ2) is 8.67. The van der Waals surface area contributed by atoms with E-state index in [-0.39, 0.29) is 46.6 Å². The second-order valence-electron chi connectivity index (χ2n) is 8.82. The number of aliphatic hydroxyl groups is 1. The average molecular weight is 463 g/mol. The molecule has 0 spiro atoms. The predicted octanol–water partition coefficient (Wildman–Crippen LogP) is 3.38. The molecule has 1 atom stereocenters. The lowest BCUT2D eigenvalue weighted by molar-refractivity contribution is -0.173. The van der Waals surface area contributed by atoms with Crippen molar-refractivity contribution >= 4 is 23.3 Å². The summed E-state index contributed by atoms with van der Waals surface area (Å²) in [6, 6.07) is 7.36. The number of nitrogens with zero attached hydrogens (tertiary/aromatic N) is 1. The summed E-state index contributed by atoms with van der Waals surface area (Å²) in [6.07, 6.45) is 3.42. The quantitative estimate of drug-likeness (QED) is 0.561. The minimum absolute atomic E-state index is 0.00110. The van der Waals surface area contributed by atoms with Gasteiger partial charge in [-0.1, -0.05) is 11.6 Å². The van der Waals surface area contributed by atoms with Crippen molar-refractivity contribution in [3.8, 4) is 11.5 Å². The fraction of sp³-hybridized carbons (Fsp3) is 0.435. The minimum atomic E-state index is -0.664. The number of aromatic nitrogens is 1. The van der Waals surface area contributed by atoms with Gasteiger partial charge in [0.25, 0.3) is 5.91 Å². The molecule has 3 fully saturated rings. The summed E-state index contributed by atoms with van der Waals surface area (Å²) in [5.74, 6) is -0.165. The Balaban J connectivity index is 1.16. The number of carbonyl (C=O) groups is 2. The first kappa shape index (κ1) is 22.5. The van der Waals surface area contributed by atoms with Crippen LogP contribution in [0.2, 0.25) is 5.02 Å². The molecule has 3 aliphatic rings. The molecule has 1 unspecified atom stereocenters. The Hall–Kier alpha value is -2.71. The number of hydrogen-bond donors (Lipinski definition) is 2. The Morgan fingerprint density at radius 2 is 1.88 bits per heavy atom. The largest absolute Gasteiger partial charge is 0.486 e. The van der Waals surface area contributed by atoms with Gasteiger partial charge in [-0.2, -0.15) is 0 Å². The highest BCUT2D eigenvalue weighted by molar-refractivity contribution is 6.30. The molecule has 2 aromatic rings. The third-order valence-corrected chi connectivity index (χ3v) is 6.27. The van der Waals surface area contributed by atoms with Gasteiger partial charge in [-0.25, -0.2) is 4.39 Å². The number of hydrogen-bond acceptors (Lipinski definition) is 6. The predicted molar refractivity (Wildman–Crippen MR) is 114 cm³/mol. The third-order valence-electron chi connectivity index (χ3n) is 5.96. The standard InChI is InChI=1S/C23H24ClFN2O5/c1-14(28)20-5-3-17(8-26-20)32-10-21(30)27-23-11-22(12-23,13-23)7-15(29)9-31-16-2-4-18(24)19(25)6-16/h2-6,8,14,28H,7,9-13H2,1H3,(H,27,30).